The van der Waals surface area contributed by atoms with E-state index in [1.807, 2.05) is 10.9 Å². The van der Waals surface area contributed by atoms with Gasteiger partial charge in [0, 0.05) is 13.1 Å². The smallest absolute Gasteiger partial charge is 0.165 e. The van der Waals surface area contributed by atoms with Gasteiger partial charge in [0.15, 0.2) is 11.5 Å². The molecule has 2 aromatic rings. The van der Waals surface area contributed by atoms with Gasteiger partial charge in [-0.05, 0) is 13.3 Å². The van der Waals surface area contributed by atoms with Gasteiger partial charge < -0.3 is 9.88 Å². The number of aromatic nitrogens is 4. The molecule has 2 rings (SSSR count). The summed E-state index contributed by atoms with van der Waals surface area (Å²) >= 11 is 0. The summed E-state index contributed by atoms with van der Waals surface area (Å²) in [6.45, 7) is 6.06. The molecule has 0 aliphatic carbocycles. The second-order valence-corrected chi connectivity index (χ2v) is 3.71. The standard InChI is InChI=1S/C11H17N5/c1-3-5-6-12-10-9-11(14-7-13-10)16(4-2)8-15-9/h7-8H,3-6H2,1-2H3,(H,12,13,14). The summed E-state index contributed by atoms with van der Waals surface area (Å²) in [5, 5.41) is 3.30. The fourth-order valence-electron chi connectivity index (χ4n) is 1.63. The molecule has 0 unspecified atom stereocenters. The molecule has 0 radical (unpaired) electrons. The van der Waals surface area contributed by atoms with E-state index in [4.69, 9.17) is 0 Å². The van der Waals surface area contributed by atoms with Crippen molar-refractivity contribution >= 4 is 17.0 Å². The Labute approximate surface area is 94.9 Å². The minimum atomic E-state index is 0.839. The molecule has 5 nitrogen and oxygen atoms in total. The van der Waals surface area contributed by atoms with Crippen molar-refractivity contribution in [3.8, 4) is 0 Å². The topological polar surface area (TPSA) is 55.6 Å². The largest absolute Gasteiger partial charge is 0.368 e. The van der Waals surface area contributed by atoms with Gasteiger partial charge in [0.25, 0.3) is 0 Å². The highest BCUT2D eigenvalue weighted by atomic mass is 15.1. The van der Waals surface area contributed by atoms with E-state index in [1.165, 1.54) is 6.42 Å². The summed E-state index contributed by atoms with van der Waals surface area (Å²) in [5.74, 6) is 0.839. The molecular weight excluding hydrogens is 202 g/mol. The van der Waals surface area contributed by atoms with Gasteiger partial charge in [0.05, 0.1) is 6.33 Å². The zero-order valence-electron chi connectivity index (χ0n) is 9.77. The van der Waals surface area contributed by atoms with Gasteiger partial charge in [-0.25, -0.2) is 15.0 Å². The van der Waals surface area contributed by atoms with Crippen LogP contribution in [0, 0.1) is 0 Å². The Hall–Kier alpha value is -1.65. The van der Waals surface area contributed by atoms with Crippen molar-refractivity contribution in [1.29, 1.82) is 0 Å². The zero-order valence-corrected chi connectivity index (χ0v) is 9.77. The molecule has 0 amide bonds. The van der Waals surface area contributed by atoms with E-state index in [0.717, 1.165) is 36.5 Å². The zero-order chi connectivity index (χ0) is 11.4. The Kier molecular flexibility index (Phi) is 3.34. The number of aryl methyl sites for hydroxylation is 1. The molecule has 0 fully saturated rings. The van der Waals surface area contributed by atoms with Crippen molar-refractivity contribution in [1.82, 2.24) is 19.5 Å². The van der Waals surface area contributed by atoms with E-state index >= 15 is 0 Å². The van der Waals surface area contributed by atoms with Crippen LogP contribution in [0.2, 0.25) is 0 Å². The maximum atomic E-state index is 4.34. The third-order valence-electron chi connectivity index (χ3n) is 2.56. The van der Waals surface area contributed by atoms with E-state index < -0.39 is 0 Å². The second kappa shape index (κ2) is 4.92. The first-order valence-corrected chi connectivity index (χ1v) is 5.76. The normalized spacial score (nSPS) is 10.9. The molecule has 86 valence electrons. The highest BCUT2D eigenvalue weighted by molar-refractivity contribution is 5.82. The van der Waals surface area contributed by atoms with Crippen LogP contribution in [-0.4, -0.2) is 26.1 Å². The van der Waals surface area contributed by atoms with Gasteiger partial charge in [-0.1, -0.05) is 13.3 Å². The first-order valence-electron chi connectivity index (χ1n) is 5.76. The predicted molar refractivity (Wildman–Crippen MR) is 64.4 cm³/mol. The lowest BCUT2D eigenvalue weighted by atomic mass is 10.3. The molecule has 16 heavy (non-hydrogen) atoms. The van der Waals surface area contributed by atoms with Gasteiger partial charge in [-0.2, -0.15) is 0 Å². The van der Waals surface area contributed by atoms with Crippen LogP contribution in [0.3, 0.4) is 0 Å². The summed E-state index contributed by atoms with van der Waals surface area (Å²) < 4.78 is 2.02. The number of nitrogens with one attached hydrogen (secondary N) is 1. The van der Waals surface area contributed by atoms with Gasteiger partial charge in [0.2, 0.25) is 0 Å². The van der Waals surface area contributed by atoms with Crippen LogP contribution in [0.5, 0.6) is 0 Å². The maximum absolute atomic E-state index is 4.34. The summed E-state index contributed by atoms with van der Waals surface area (Å²) in [6, 6.07) is 0. The minimum absolute atomic E-state index is 0.839. The molecule has 1 N–H and O–H groups in total. The number of rotatable bonds is 5. The van der Waals surface area contributed by atoms with Crippen molar-refractivity contribution in [3.63, 3.8) is 0 Å². The molecule has 0 aliphatic heterocycles. The number of nitrogens with zero attached hydrogens (tertiary/aromatic N) is 4. The van der Waals surface area contributed by atoms with Crippen LogP contribution in [0.15, 0.2) is 12.7 Å². The lowest BCUT2D eigenvalue weighted by Crippen LogP contribution is -2.04. The highest BCUT2D eigenvalue weighted by Gasteiger charge is 2.07. The number of hydrogen-bond donors (Lipinski definition) is 1. The molecule has 0 atom stereocenters. The lowest BCUT2D eigenvalue weighted by Gasteiger charge is -2.04. The third-order valence-corrected chi connectivity index (χ3v) is 2.56. The van der Waals surface area contributed by atoms with Crippen molar-refractivity contribution in [2.24, 2.45) is 0 Å². The lowest BCUT2D eigenvalue weighted by molar-refractivity contribution is 0.777. The first kappa shape index (κ1) is 10.9. The van der Waals surface area contributed by atoms with Crippen molar-refractivity contribution in [2.75, 3.05) is 11.9 Å². The van der Waals surface area contributed by atoms with Gasteiger partial charge >= 0.3 is 0 Å². The molecule has 0 aliphatic rings. The number of anilines is 1. The fraction of sp³-hybridized carbons (Fsp3) is 0.545. The van der Waals surface area contributed by atoms with Crippen LogP contribution in [0.4, 0.5) is 5.82 Å². The summed E-state index contributed by atoms with van der Waals surface area (Å²) in [4.78, 5) is 12.8. The molecule has 2 aromatic heterocycles. The Morgan fingerprint density at radius 3 is 2.88 bits per heavy atom. The SMILES string of the molecule is CCCCNc1ncnc2c1ncn2CC. The molecular formula is C11H17N5. The third kappa shape index (κ3) is 1.98. The molecule has 0 aromatic carbocycles. The van der Waals surface area contributed by atoms with Gasteiger partial charge in [-0.3, -0.25) is 0 Å². The molecule has 0 bridgehead atoms. The molecule has 5 heteroatoms. The van der Waals surface area contributed by atoms with E-state index in [9.17, 15) is 0 Å². The van der Waals surface area contributed by atoms with Crippen LogP contribution >= 0.6 is 0 Å². The van der Waals surface area contributed by atoms with Crippen molar-refractivity contribution < 1.29 is 0 Å². The molecule has 0 saturated carbocycles. The molecule has 2 heterocycles. The van der Waals surface area contributed by atoms with E-state index in [-0.39, 0.29) is 0 Å². The van der Waals surface area contributed by atoms with E-state index in [0.29, 0.717) is 0 Å². The quantitative estimate of drug-likeness (QED) is 0.782. The Morgan fingerprint density at radius 2 is 2.12 bits per heavy atom. The average Bonchev–Trinajstić information content (AvgIpc) is 2.73. The van der Waals surface area contributed by atoms with Crippen LogP contribution in [0.1, 0.15) is 26.7 Å². The molecule has 0 spiro atoms. The highest BCUT2D eigenvalue weighted by Crippen LogP contribution is 2.16. The summed E-state index contributed by atoms with van der Waals surface area (Å²) in [5.41, 5.74) is 1.76. The number of unbranched alkanes of at least 4 members (excludes halogenated alkanes) is 1. The maximum Gasteiger partial charge on any atom is 0.165 e. The number of imidazole rings is 1. The minimum Gasteiger partial charge on any atom is -0.368 e. The second-order valence-electron chi connectivity index (χ2n) is 3.71. The first-order chi connectivity index (χ1) is 7.86. The predicted octanol–water partition coefficient (Wildman–Crippen LogP) is 2.06. The summed E-state index contributed by atoms with van der Waals surface area (Å²) in [6.07, 6.45) is 5.71. The average molecular weight is 219 g/mol. The van der Waals surface area contributed by atoms with Gasteiger partial charge in [-0.15, -0.1) is 0 Å². The Bertz CT molecular complexity index is 462. The number of fused-ring (bicyclic) bond motifs is 1. The van der Waals surface area contributed by atoms with E-state index in [1.54, 1.807) is 6.33 Å². The molecule has 0 saturated heterocycles. The van der Waals surface area contributed by atoms with Crippen molar-refractivity contribution in [3.05, 3.63) is 12.7 Å². The van der Waals surface area contributed by atoms with Crippen LogP contribution in [-0.2, 0) is 6.54 Å². The van der Waals surface area contributed by atoms with Crippen LogP contribution < -0.4 is 5.32 Å². The Balaban J connectivity index is 2.28. The summed E-state index contributed by atoms with van der Waals surface area (Å²) in [7, 11) is 0. The van der Waals surface area contributed by atoms with Crippen LogP contribution in [0.25, 0.3) is 11.2 Å². The van der Waals surface area contributed by atoms with Crippen molar-refractivity contribution in [2.45, 2.75) is 33.2 Å². The fourth-order valence-corrected chi connectivity index (χ4v) is 1.63. The Morgan fingerprint density at radius 1 is 1.25 bits per heavy atom. The number of hydrogen-bond acceptors (Lipinski definition) is 4. The van der Waals surface area contributed by atoms with E-state index in [2.05, 4.69) is 34.1 Å². The monoisotopic (exact) mass is 219 g/mol. The van der Waals surface area contributed by atoms with Gasteiger partial charge in [0.1, 0.15) is 11.8 Å².